The van der Waals surface area contributed by atoms with E-state index in [1.807, 2.05) is 24.3 Å². The molecule has 0 unspecified atom stereocenters. The maximum absolute atomic E-state index is 12.0. The molecule has 0 fully saturated rings. The molecule has 2 aromatic carbocycles. The van der Waals surface area contributed by atoms with Crippen LogP contribution in [0.15, 0.2) is 59.2 Å². The number of esters is 1. The highest BCUT2D eigenvalue weighted by Gasteiger charge is 2.25. The third kappa shape index (κ3) is 2.73. The Morgan fingerprint density at radius 3 is 2.64 bits per heavy atom. The van der Waals surface area contributed by atoms with E-state index < -0.39 is 5.97 Å². The van der Waals surface area contributed by atoms with Gasteiger partial charge in [-0.25, -0.2) is 9.79 Å². The molecule has 110 valence electrons. The van der Waals surface area contributed by atoms with Crippen LogP contribution in [-0.2, 0) is 9.53 Å². The number of halogens is 1. The largest absolute Gasteiger partial charge is 0.496 e. The summed E-state index contributed by atoms with van der Waals surface area (Å²) >= 11 is 6.10. The van der Waals surface area contributed by atoms with Crippen LogP contribution in [0.25, 0.3) is 6.08 Å². The van der Waals surface area contributed by atoms with Gasteiger partial charge in [0.25, 0.3) is 0 Å². The zero-order valence-electron chi connectivity index (χ0n) is 11.7. The summed E-state index contributed by atoms with van der Waals surface area (Å²) in [7, 11) is 1.57. The first-order chi connectivity index (χ1) is 10.7. The first kappa shape index (κ1) is 14.4. The molecule has 22 heavy (non-hydrogen) atoms. The Morgan fingerprint density at radius 2 is 1.86 bits per heavy atom. The fraction of sp³-hybridized carbons (Fsp3) is 0.0588. The Morgan fingerprint density at radius 1 is 1.14 bits per heavy atom. The molecule has 5 heteroatoms. The molecule has 3 rings (SSSR count). The van der Waals surface area contributed by atoms with Crippen LogP contribution in [0.3, 0.4) is 0 Å². The molecule has 0 radical (unpaired) electrons. The molecule has 0 bridgehead atoms. The molecule has 0 saturated carbocycles. The van der Waals surface area contributed by atoms with Gasteiger partial charge in [0.1, 0.15) is 5.75 Å². The quantitative estimate of drug-likeness (QED) is 0.641. The van der Waals surface area contributed by atoms with Crippen molar-refractivity contribution in [1.29, 1.82) is 0 Å². The van der Waals surface area contributed by atoms with Crippen molar-refractivity contribution in [3.63, 3.8) is 0 Å². The molecular weight excluding hydrogens is 302 g/mol. The van der Waals surface area contributed by atoms with E-state index in [0.29, 0.717) is 16.3 Å². The number of para-hydroxylation sites is 1. The zero-order chi connectivity index (χ0) is 15.5. The number of aliphatic imine (C=N–C) groups is 1. The molecule has 2 aromatic rings. The predicted octanol–water partition coefficient (Wildman–Crippen LogP) is 3.69. The lowest BCUT2D eigenvalue weighted by atomic mass is 10.1. The molecule has 1 aliphatic rings. The lowest BCUT2D eigenvalue weighted by Gasteiger charge is -2.03. The van der Waals surface area contributed by atoms with Gasteiger partial charge in [0.15, 0.2) is 5.70 Å². The maximum Gasteiger partial charge on any atom is 0.363 e. The Balaban J connectivity index is 2.00. The standard InChI is InChI=1S/C17H12ClNO3/c1-21-15-9-5-2-6-11(15)10-14-17(20)22-16(19-14)12-7-3-4-8-13(12)18/h2-10H,1H3. The topological polar surface area (TPSA) is 47.9 Å². The molecule has 0 N–H and O–H groups in total. The number of nitrogens with zero attached hydrogens (tertiary/aromatic N) is 1. The van der Waals surface area contributed by atoms with E-state index >= 15 is 0 Å². The SMILES string of the molecule is COc1ccccc1C=C1N=C(c2ccccc2Cl)OC1=O. The van der Waals surface area contributed by atoms with Crippen LogP contribution < -0.4 is 4.74 Å². The second kappa shape index (κ2) is 6.03. The fourth-order valence-corrected chi connectivity index (χ4v) is 2.31. The molecule has 0 spiro atoms. The summed E-state index contributed by atoms with van der Waals surface area (Å²) in [5.74, 6) is 0.349. The number of hydrogen-bond donors (Lipinski definition) is 0. The zero-order valence-corrected chi connectivity index (χ0v) is 12.5. The van der Waals surface area contributed by atoms with E-state index in [-0.39, 0.29) is 11.6 Å². The predicted molar refractivity (Wildman–Crippen MR) is 85.1 cm³/mol. The van der Waals surface area contributed by atoms with Gasteiger partial charge in [-0.2, -0.15) is 0 Å². The normalized spacial score (nSPS) is 15.6. The number of carbonyl (C=O) groups is 1. The van der Waals surface area contributed by atoms with E-state index in [1.165, 1.54) is 0 Å². The van der Waals surface area contributed by atoms with Gasteiger partial charge in [-0.1, -0.05) is 41.9 Å². The lowest BCUT2D eigenvalue weighted by Crippen LogP contribution is -2.05. The second-order valence-electron chi connectivity index (χ2n) is 4.56. The molecule has 0 aliphatic carbocycles. The molecule has 1 aliphatic heterocycles. The van der Waals surface area contributed by atoms with Crippen LogP contribution in [0.4, 0.5) is 0 Å². The Labute approximate surface area is 132 Å². The minimum Gasteiger partial charge on any atom is -0.496 e. The second-order valence-corrected chi connectivity index (χ2v) is 4.97. The number of methoxy groups -OCH3 is 1. The Hall–Kier alpha value is -2.59. The average molecular weight is 314 g/mol. The third-order valence-corrected chi connectivity index (χ3v) is 3.49. The van der Waals surface area contributed by atoms with Gasteiger partial charge >= 0.3 is 5.97 Å². The van der Waals surface area contributed by atoms with Crippen LogP contribution in [0.5, 0.6) is 5.75 Å². The van der Waals surface area contributed by atoms with Crippen LogP contribution >= 0.6 is 11.6 Å². The highest BCUT2D eigenvalue weighted by molar-refractivity contribution is 6.34. The van der Waals surface area contributed by atoms with E-state index in [0.717, 1.165) is 5.56 Å². The minimum atomic E-state index is -0.513. The van der Waals surface area contributed by atoms with Crippen LogP contribution in [0, 0.1) is 0 Å². The number of hydrogen-bond acceptors (Lipinski definition) is 4. The van der Waals surface area contributed by atoms with Crippen LogP contribution in [-0.4, -0.2) is 19.0 Å². The van der Waals surface area contributed by atoms with Crippen molar-refractivity contribution < 1.29 is 14.3 Å². The van der Waals surface area contributed by atoms with Gasteiger partial charge in [0.05, 0.1) is 17.7 Å². The molecule has 0 amide bonds. The molecule has 0 saturated heterocycles. The van der Waals surface area contributed by atoms with Gasteiger partial charge in [-0.3, -0.25) is 0 Å². The number of rotatable bonds is 3. The summed E-state index contributed by atoms with van der Waals surface area (Å²) in [5, 5.41) is 0.479. The molecule has 4 nitrogen and oxygen atoms in total. The summed E-state index contributed by atoms with van der Waals surface area (Å²) in [6.07, 6.45) is 1.63. The molecule has 0 atom stereocenters. The van der Waals surface area contributed by atoms with Crippen LogP contribution in [0.2, 0.25) is 5.02 Å². The van der Waals surface area contributed by atoms with Crippen molar-refractivity contribution in [3.05, 3.63) is 70.4 Å². The van der Waals surface area contributed by atoms with Gasteiger partial charge in [-0.15, -0.1) is 0 Å². The highest BCUT2D eigenvalue weighted by atomic mass is 35.5. The third-order valence-electron chi connectivity index (χ3n) is 3.16. The summed E-state index contributed by atoms with van der Waals surface area (Å²) in [4.78, 5) is 16.2. The maximum atomic E-state index is 12.0. The Bertz CT molecular complexity index is 796. The summed E-state index contributed by atoms with van der Waals surface area (Å²) in [6, 6.07) is 14.4. The number of ether oxygens (including phenoxy) is 2. The average Bonchev–Trinajstić information content (AvgIpc) is 2.89. The summed E-state index contributed by atoms with van der Waals surface area (Å²) in [6.45, 7) is 0. The van der Waals surface area contributed by atoms with Gasteiger partial charge in [0, 0.05) is 5.56 Å². The van der Waals surface area contributed by atoms with Crippen molar-refractivity contribution in [2.75, 3.05) is 7.11 Å². The van der Waals surface area contributed by atoms with Gasteiger partial charge in [-0.05, 0) is 24.3 Å². The number of benzene rings is 2. The number of cyclic esters (lactones) is 1. The van der Waals surface area contributed by atoms with Crippen molar-refractivity contribution in [2.24, 2.45) is 4.99 Å². The fourth-order valence-electron chi connectivity index (χ4n) is 2.09. The smallest absolute Gasteiger partial charge is 0.363 e. The van der Waals surface area contributed by atoms with Gasteiger partial charge < -0.3 is 9.47 Å². The lowest BCUT2D eigenvalue weighted by molar-refractivity contribution is -0.129. The van der Waals surface area contributed by atoms with E-state index in [4.69, 9.17) is 21.1 Å². The summed E-state index contributed by atoms with van der Waals surface area (Å²) in [5.41, 5.74) is 1.54. The Kier molecular flexibility index (Phi) is 3.94. The number of carbonyl (C=O) groups excluding carboxylic acids is 1. The first-order valence-corrected chi connectivity index (χ1v) is 6.97. The first-order valence-electron chi connectivity index (χ1n) is 6.59. The van der Waals surface area contributed by atoms with Gasteiger partial charge in [0.2, 0.25) is 5.90 Å². The molecular formula is C17H12ClNO3. The van der Waals surface area contributed by atoms with Crippen molar-refractivity contribution >= 4 is 29.5 Å². The van der Waals surface area contributed by atoms with Crippen molar-refractivity contribution in [1.82, 2.24) is 0 Å². The van der Waals surface area contributed by atoms with Crippen molar-refractivity contribution in [2.45, 2.75) is 0 Å². The van der Waals surface area contributed by atoms with E-state index in [2.05, 4.69) is 4.99 Å². The van der Waals surface area contributed by atoms with E-state index in [9.17, 15) is 4.79 Å². The summed E-state index contributed by atoms with van der Waals surface area (Å²) < 4.78 is 10.5. The van der Waals surface area contributed by atoms with Crippen molar-refractivity contribution in [3.8, 4) is 5.75 Å². The highest BCUT2D eigenvalue weighted by Crippen LogP contribution is 2.26. The monoisotopic (exact) mass is 313 g/mol. The minimum absolute atomic E-state index is 0.205. The van der Waals surface area contributed by atoms with Crippen LogP contribution in [0.1, 0.15) is 11.1 Å². The molecule has 1 heterocycles. The molecule has 0 aromatic heterocycles. The van der Waals surface area contributed by atoms with E-state index in [1.54, 1.807) is 37.5 Å².